The molecule has 0 atom stereocenters. The highest BCUT2D eigenvalue weighted by Gasteiger charge is 2.23. The van der Waals surface area contributed by atoms with Crippen molar-refractivity contribution >= 4 is 27.4 Å². The molecular formula is C11H11ClFN3O3S. The number of benzene rings is 1. The van der Waals surface area contributed by atoms with Crippen molar-refractivity contribution in [1.29, 1.82) is 0 Å². The molecule has 20 heavy (non-hydrogen) atoms. The maximum Gasteiger partial charge on any atom is 0.266 e. The van der Waals surface area contributed by atoms with E-state index in [0.29, 0.717) is 0 Å². The summed E-state index contributed by atoms with van der Waals surface area (Å²) < 4.78 is 41.7. The number of nitrogens with one attached hydrogen (secondary N) is 1. The van der Waals surface area contributed by atoms with Crippen molar-refractivity contribution in [3.63, 3.8) is 0 Å². The van der Waals surface area contributed by atoms with Crippen LogP contribution in [0.2, 0.25) is 5.02 Å². The minimum atomic E-state index is -4.18. The fourth-order valence-corrected chi connectivity index (χ4v) is 3.04. The zero-order valence-corrected chi connectivity index (χ0v) is 11.9. The van der Waals surface area contributed by atoms with E-state index < -0.39 is 27.3 Å². The molecule has 0 bridgehead atoms. The van der Waals surface area contributed by atoms with Gasteiger partial charge in [0, 0.05) is 29.9 Å². The molecule has 0 saturated heterocycles. The van der Waals surface area contributed by atoms with Gasteiger partial charge in [-0.05, 0) is 12.1 Å². The number of nitrogens with zero attached hydrogens (tertiary/aromatic N) is 2. The second-order valence-corrected chi connectivity index (χ2v) is 6.10. The molecule has 9 heteroatoms. The molecule has 1 heterocycles. The lowest BCUT2D eigenvalue weighted by atomic mass is 10.2. The van der Waals surface area contributed by atoms with Gasteiger partial charge in [0.2, 0.25) is 0 Å². The van der Waals surface area contributed by atoms with Gasteiger partial charge in [0.05, 0.1) is 6.61 Å². The molecule has 2 aromatic rings. The van der Waals surface area contributed by atoms with Crippen molar-refractivity contribution in [1.82, 2.24) is 9.78 Å². The van der Waals surface area contributed by atoms with Gasteiger partial charge in [0.25, 0.3) is 10.0 Å². The molecule has 1 aromatic heterocycles. The Morgan fingerprint density at radius 3 is 2.75 bits per heavy atom. The Bertz CT molecular complexity index is 745. The Morgan fingerprint density at radius 1 is 1.50 bits per heavy atom. The van der Waals surface area contributed by atoms with Crippen LogP contribution in [0.1, 0.15) is 5.56 Å². The van der Waals surface area contributed by atoms with E-state index in [2.05, 4.69) is 9.82 Å². The molecule has 0 radical (unpaired) electrons. The van der Waals surface area contributed by atoms with Gasteiger partial charge in [0.1, 0.15) is 10.7 Å². The van der Waals surface area contributed by atoms with Gasteiger partial charge in [-0.25, -0.2) is 12.8 Å². The van der Waals surface area contributed by atoms with E-state index in [-0.39, 0.29) is 16.4 Å². The molecule has 0 aliphatic heterocycles. The fourth-order valence-electron chi connectivity index (χ4n) is 1.59. The maximum absolute atomic E-state index is 14.0. The number of hydrogen-bond acceptors (Lipinski definition) is 4. The molecule has 0 amide bonds. The number of aryl methyl sites for hydroxylation is 1. The van der Waals surface area contributed by atoms with Gasteiger partial charge in [-0.1, -0.05) is 11.6 Å². The minimum absolute atomic E-state index is 0.0110. The lowest BCUT2D eigenvalue weighted by Gasteiger charge is -2.09. The van der Waals surface area contributed by atoms with Crippen LogP contribution in [0, 0.1) is 5.82 Å². The summed E-state index contributed by atoms with van der Waals surface area (Å²) in [6.07, 6.45) is 1.53. The summed E-state index contributed by atoms with van der Waals surface area (Å²) in [6.45, 7) is -0.654. The first-order valence-electron chi connectivity index (χ1n) is 5.45. The molecule has 0 fully saturated rings. The van der Waals surface area contributed by atoms with Crippen LogP contribution in [0.15, 0.2) is 29.3 Å². The molecule has 6 nitrogen and oxygen atoms in total. The van der Waals surface area contributed by atoms with Crippen LogP contribution in [-0.4, -0.2) is 23.3 Å². The second-order valence-electron chi connectivity index (χ2n) is 4.02. The van der Waals surface area contributed by atoms with E-state index >= 15 is 0 Å². The van der Waals surface area contributed by atoms with Crippen LogP contribution < -0.4 is 4.72 Å². The number of rotatable bonds is 4. The highest BCUT2D eigenvalue weighted by molar-refractivity contribution is 7.92. The van der Waals surface area contributed by atoms with E-state index in [0.717, 1.165) is 12.1 Å². The molecule has 0 spiro atoms. The first-order valence-corrected chi connectivity index (χ1v) is 7.31. The molecular weight excluding hydrogens is 309 g/mol. The van der Waals surface area contributed by atoms with Crippen LogP contribution in [0.4, 0.5) is 10.2 Å². The van der Waals surface area contributed by atoms with Gasteiger partial charge >= 0.3 is 0 Å². The van der Waals surface area contributed by atoms with Crippen molar-refractivity contribution in [2.75, 3.05) is 4.72 Å². The van der Waals surface area contributed by atoms with Gasteiger partial charge in [-0.3, -0.25) is 9.40 Å². The Hall–Kier alpha value is -1.64. The summed E-state index contributed by atoms with van der Waals surface area (Å²) in [6, 6.07) is 3.56. The number of halogens is 2. The van der Waals surface area contributed by atoms with Gasteiger partial charge in [-0.15, -0.1) is 0 Å². The molecule has 0 aliphatic rings. The lowest BCUT2D eigenvalue weighted by Crippen LogP contribution is -2.16. The summed E-state index contributed by atoms with van der Waals surface area (Å²) in [5.41, 5.74) is -0.195. The lowest BCUT2D eigenvalue weighted by molar-refractivity contribution is 0.274. The molecule has 0 saturated carbocycles. The van der Waals surface area contributed by atoms with Gasteiger partial charge in [0.15, 0.2) is 5.82 Å². The highest BCUT2D eigenvalue weighted by Crippen LogP contribution is 2.25. The summed E-state index contributed by atoms with van der Waals surface area (Å²) in [5, 5.41) is 12.8. The normalized spacial score (nSPS) is 11.6. The first kappa shape index (κ1) is 14.8. The fraction of sp³-hybridized carbons (Fsp3) is 0.182. The van der Waals surface area contributed by atoms with Crippen molar-refractivity contribution < 1.29 is 17.9 Å². The summed E-state index contributed by atoms with van der Waals surface area (Å²) in [4.78, 5) is -0.639. The Morgan fingerprint density at radius 2 is 2.20 bits per heavy atom. The van der Waals surface area contributed by atoms with E-state index in [1.807, 2.05) is 0 Å². The predicted molar refractivity (Wildman–Crippen MR) is 71.3 cm³/mol. The number of sulfonamides is 1. The molecule has 1 aromatic carbocycles. The topological polar surface area (TPSA) is 84.2 Å². The average molecular weight is 320 g/mol. The van der Waals surface area contributed by atoms with Crippen molar-refractivity contribution in [2.24, 2.45) is 7.05 Å². The second kappa shape index (κ2) is 5.39. The quantitative estimate of drug-likeness (QED) is 0.894. The Labute approximate surface area is 119 Å². The summed E-state index contributed by atoms with van der Waals surface area (Å²) in [5.74, 6) is -0.988. The Kier molecular flexibility index (Phi) is 3.98. The molecule has 2 N–H and O–H groups in total. The first-order chi connectivity index (χ1) is 9.33. The SMILES string of the molecule is Cn1ccc(NS(=O)(=O)c2cc(Cl)cc(CO)c2F)n1. The summed E-state index contributed by atoms with van der Waals surface area (Å²) >= 11 is 5.72. The average Bonchev–Trinajstić information content (AvgIpc) is 2.76. The zero-order valence-electron chi connectivity index (χ0n) is 10.3. The third kappa shape index (κ3) is 2.92. The maximum atomic E-state index is 14.0. The van der Waals surface area contributed by atoms with Crippen molar-refractivity contribution in [3.05, 3.63) is 40.8 Å². The van der Waals surface area contributed by atoms with E-state index in [4.69, 9.17) is 16.7 Å². The number of anilines is 1. The predicted octanol–water partition coefficient (Wildman–Crippen LogP) is 1.51. The van der Waals surface area contributed by atoms with Crippen molar-refractivity contribution in [3.8, 4) is 0 Å². The monoisotopic (exact) mass is 319 g/mol. The van der Waals surface area contributed by atoms with Crippen LogP contribution in [0.5, 0.6) is 0 Å². The number of aromatic nitrogens is 2. The Balaban J connectivity index is 2.46. The number of aliphatic hydroxyl groups is 1. The van der Waals surface area contributed by atoms with Gasteiger partial charge < -0.3 is 5.11 Å². The highest BCUT2D eigenvalue weighted by atomic mass is 35.5. The largest absolute Gasteiger partial charge is 0.392 e. The standard InChI is InChI=1S/C11H11ClFN3O3S/c1-16-3-2-10(14-16)15-20(18,19)9-5-8(12)4-7(6-17)11(9)13/h2-5,17H,6H2,1H3,(H,14,15). The minimum Gasteiger partial charge on any atom is -0.392 e. The van der Waals surface area contributed by atoms with Crippen LogP contribution in [-0.2, 0) is 23.7 Å². The smallest absolute Gasteiger partial charge is 0.266 e. The van der Waals surface area contributed by atoms with Crippen LogP contribution >= 0.6 is 11.6 Å². The van der Waals surface area contributed by atoms with E-state index in [1.54, 1.807) is 7.05 Å². The molecule has 2 rings (SSSR count). The van der Waals surface area contributed by atoms with Crippen molar-refractivity contribution in [2.45, 2.75) is 11.5 Å². The van der Waals surface area contributed by atoms with Gasteiger partial charge in [-0.2, -0.15) is 5.10 Å². The third-order valence-electron chi connectivity index (χ3n) is 2.49. The number of aliphatic hydroxyl groups excluding tert-OH is 1. The molecule has 108 valence electrons. The van der Waals surface area contributed by atoms with Crippen LogP contribution in [0.25, 0.3) is 0 Å². The summed E-state index contributed by atoms with van der Waals surface area (Å²) in [7, 11) is -2.57. The third-order valence-corrected chi connectivity index (χ3v) is 4.06. The van der Waals surface area contributed by atoms with E-state index in [9.17, 15) is 12.8 Å². The van der Waals surface area contributed by atoms with Crippen LogP contribution in [0.3, 0.4) is 0 Å². The molecule has 0 aliphatic carbocycles. The zero-order chi connectivity index (χ0) is 14.9. The number of hydrogen-bond donors (Lipinski definition) is 2. The molecule has 0 unspecified atom stereocenters. The van der Waals surface area contributed by atoms with E-state index in [1.165, 1.54) is 16.9 Å².